The Hall–Kier alpha value is -1.06. The fourth-order valence-electron chi connectivity index (χ4n) is 0.665. The van der Waals surface area contributed by atoms with Crippen molar-refractivity contribution >= 4 is 19.0 Å². The second-order valence-electron chi connectivity index (χ2n) is 2.11. The Morgan fingerprint density at radius 2 is 1.60 bits per heavy atom. The summed E-state index contributed by atoms with van der Waals surface area (Å²) >= 11 is 0. The maximum absolute atomic E-state index is 12.5. The van der Waals surface area contributed by atoms with Crippen molar-refractivity contribution in [2.45, 2.75) is 0 Å². The van der Waals surface area contributed by atoms with Crippen LogP contribution in [0, 0.1) is 11.6 Å². The molecule has 4 heteroatoms. The van der Waals surface area contributed by atoms with E-state index in [9.17, 15) is 8.78 Å². The molecule has 52 valence electrons. The molecule has 0 heterocycles. The molecular formula is C6H6BF2N. The first-order chi connectivity index (χ1) is 4.61. The van der Waals surface area contributed by atoms with E-state index in [1.807, 2.05) is 0 Å². The molecule has 0 aliphatic heterocycles. The van der Waals surface area contributed by atoms with Gasteiger partial charge in [0, 0.05) is 5.69 Å². The fourth-order valence-corrected chi connectivity index (χ4v) is 0.665. The molecule has 1 nitrogen and oxygen atoms in total. The Morgan fingerprint density at radius 3 is 2.00 bits per heavy atom. The van der Waals surface area contributed by atoms with Crippen LogP contribution in [0.4, 0.5) is 14.5 Å². The van der Waals surface area contributed by atoms with Crippen LogP contribution in [0.25, 0.3) is 0 Å². The highest BCUT2D eigenvalue weighted by molar-refractivity contribution is 6.32. The molecule has 0 atom stereocenters. The molecule has 0 aliphatic carbocycles. The van der Waals surface area contributed by atoms with E-state index in [2.05, 4.69) is 0 Å². The average molecular weight is 141 g/mol. The van der Waals surface area contributed by atoms with E-state index in [0.29, 0.717) is 0 Å². The first kappa shape index (κ1) is 7.06. The van der Waals surface area contributed by atoms with Crippen LogP contribution in [0.2, 0.25) is 0 Å². The third-order valence-electron chi connectivity index (χ3n) is 1.30. The summed E-state index contributed by atoms with van der Waals surface area (Å²) in [5, 5.41) is 0. The molecule has 0 amide bonds. The van der Waals surface area contributed by atoms with Gasteiger partial charge in [0.1, 0.15) is 19.5 Å². The van der Waals surface area contributed by atoms with E-state index in [0.717, 1.165) is 12.1 Å². The maximum atomic E-state index is 12.5. The summed E-state index contributed by atoms with van der Waals surface area (Å²) in [5.74, 6) is -1.20. The van der Waals surface area contributed by atoms with Crippen LogP contribution in [0.15, 0.2) is 12.1 Å². The highest BCUT2D eigenvalue weighted by atomic mass is 19.1. The van der Waals surface area contributed by atoms with Crippen molar-refractivity contribution in [3.8, 4) is 0 Å². The highest BCUT2D eigenvalue weighted by Gasteiger charge is 2.03. The quantitative estimate of drug-likeness (QED) is 0.393. The first-order valence-corrected chi connectivity index (χ1v) is 2.82. The van der Waals surface area contributed by atoms with Gasteiger partial charge >= 0.3 is 0 Å². The Morgan fingerprint density at radius 1 is 1.20 bits per heavy atom. The molecule has 0 radical (unpaired) electrons. The van der Waals surface area contributed by atoms with Crippen LogP contribution in [-0.4, -0.2) is 7.85 Å². The summed E-state index contributed by atoms with van der Waals surface area (Å²) in [6.45, 7) is 0. The number of nitrogen functional groups attached to an aromatic ring is 1. The summed E-state index contributed by atoms with van der Waals surface area (Å²) in [7, 11) is 1.37. The summed E-state index contributed by atoms with van der Waals surface area (Å²) in [5.41, 5.74) is 5.27. The summed E-state index contributed by atoms with van der Waals surface area (Å²) in [6, 6.07) is 2.19. The zero-order chi connectivity index (χ0) is 7.72. The lowest BCUT2D eigenvalue weighted by Gasteiger charge is -1.98. The Labute approximate surface area is 58.3 Å². The number of rotatable bonds is 0. The molecule has 10 heavy (non-hydrogen) atoms. The molecule has 1 aromatic carbocycles. The number of halogens is 2. The van der Waals surface area contributed by atoms with Gasteiger partial charge in [-0.3, -0.25) is 0 Å². The van der Waals surface area contributed by atoms with E-state index in [1.165, 1.54) is 7.85 Å². The van der Waals surface area contributed by atoms with Gasteiger partial charge < -0.3 is 5.73 Å². The molecule has 0 unspecified atom stereocenters. The smallest absolute Gasteiger partial charge is 0.147 e. The van der Waals surface area contributed by atoms with E-state index < -0.39 is 11.6 Å². The molecule has 0 spiro atoms. The van der Waals surface area contributed by atoms with Crippen LogP contribution in [0.5, 0.6) is 0 Å². The van der Waals surface area contributed by atoms with Gasteiger partial charge in [0.2, 0.25) is 0 Å². The minimum atomic E-state index is -0.600. The number of benzene rings is 1. The predicted molar refractivity (Wildman–Crippen MR) is 38.9 cm³/mol. The van der Waals surface area contributed by atoms with Crippen molar-refractivity contribution in [3.05, 3.63) is 23.8 Å². The summed E-state index contributed by atoms with van der Waals surface area (Å²) in [4.78, 5) is 0. The van der Waals surface area contributed by atoms with E-state index in [4.69, 9.17) is 5.73 Å². The van der Waals surface area contributed by atoms with Crippen LogP contribution in [-0.2, 0) is 0 Å². The standard InChI is InChI=1S/C6H6BF2N/c7-6-4(8)1-3(10)2-5(6)9/h1-2H,7,10H2. The predicted octanol–water partition coefficient (Wildman–Crippen LogP) is -0.195. The van der Waals surface area contributed by atoms with E-state index in [-0.39, 0.29) is 11.2 Å². The van der Waals surface area contributed by atoms with Crippen LogP contribution >= 0.6 is 0 Å². The van der Waals surface area contributed by atoms with Crippen molar-refractivity contribution < 1.29 is 8.78 Å². The SMILES string of the molecule is Bc1c(F)cc(N)cc1F. The molecule has 1 aromatic rings. The maximum Gasteiger partial charge on any atom is 0.147 e. The number of hydrogen-bond donors (Lipinski definition) is 1. The lowest BCUT2D eigenvalue weighted by Crippen LogP contribution is -2.14. The van der Waals surface area contributed by atoms with Gasteiger partial charge in [0.05, 0.1) is 0 Å². The summed E-state index contributed by atoms with van der Waals surface area (Å²) < 4.78 is 25.0. The van der Waals surface area contributed by atoms with Crippen molar-refractivity contribution in [2.24, 2.45) is 0 Å². The van der Waals surface area contributed by atoms with Crippen LogP contribution in [0.1, 0.15) is 0 Å². The molecule has 0 fully saturated rings. The number of nitrogens with two attached hydrogens (primary N) is 1. The second kappa shape index (κ2) is 2.29. The van der Waals surface area contributed by atoms with Crippen LogP contribution in [0.3, 0.4) is 0 Å². The van der Waals surface area contributed by atoms with Gasteiger partial charge in [0.25, 0.3) is 0 Å². The third kappa shape index (κ3) is 1.10. The fraction of sp³-hybridized carbons (Fsp3) is 0. The van der Waals surface area contributed by atoms with Crippen molar-refractivity contribution in [3.63, 3.8) is 0 Å². The van der Waals surface area contributed by atoms with Crippen molar-refractivity contribution in [1.82, 2.24) is 0 Å². The lowest BCUT2D eigenvalue weighted by atomic mass is 9.94. The van der Waals surface area contributed by atoms with Gasteiger partial charge in [0.15, 0.2) is 0 Å². The Balaban J connectivity index is 3.31. The molecule has 2 N–H and O–H groups in total. The molecule has 0 aromatic heterocycles. The van der Waals surface area contributed by atoms with Crippen LogP contribution < -0.4 is 11.2 Å². The average Bonchev–Trinajstić information content (AvgIpc) is 1.82. The minimum absolute atomic E-state index is 0.00852. The van der Waals surface area contributed by atoms with E-state index in [1.54, 1.807) is 0 Å². The first-order valence-electron chi connectivity index (χ1n) is 2.82. The zero-order valence-corrected chi connectivity index (χ0v) is 5.49. The molecule has 0 aliphatic rings. The number of hydrogen-bond acceptors (Lipinski definition) is 1. The lowest BCUT2D eigenvalue weighted by molar-refractivity contribution is 0.599. The van der Waals surface area contributed by atoms with Gasteiger partial charge in [-0.05, 0) is 17.6 Å². The van der Waals surface area contributed by atoms with Gasteiger partial charge in [-0.1, -0.05) is 0 Å². The molecule has 0 saturated carbocycles. The molecular weight excluding hydrogens is 135 g/mol. The van der Waals surface area contributed by atoms with Gasteiger partial charge in [-0.25, -0.2) is 8.78 Å². The molecule has 0 saturated heterocycles. The second-order valence-corrected chi connectivity index (χ2v) is 2.11. The van der Waals surface area contributed by atoms with Gasteiger partial charge in [-0.15, -0.1) is 0 Å². The zero-order valence-electron chi connectivity index (χ0n) is 5.49. The highest BCUT2D eigenvalue weighted by Crippen LogP contribution is 2.05. The van der Waals surface area contributed by atoms with Crippen molar-refractivity contribution in [1.29, 1.82) is 0 Å². The Kier molecular flexibility index (Phi) is 1.61. The van der Waals surface area contributed by atoms with Gasteiger partial charge in [-0.2, -0.15) is 0 Å². The van der Waals surface area contributed by atoms with E-state index >= 15 is 0 Å². The monoisotopic (exact) mass is 141 g/mol. The molecule has 0 bridgehead atoms. The Bertz CT molecular complexity index is 239. The summed E-state index contributed by atoms with van der Waals surface area (Å²) in [6.07, 6.45) is 0. The number of anilines is 1. The minimum Gasteiger partial charge on any atom is -0.399 e. The molecule has 1 rings (SSSR count). The topological polar surface area (TPSA) is 26.0 Å². The normalized spacial score (nSPS) is 9.80. The largest absolute Gasteiger partial charge is 0.399 e. The van der Waals surface area contributed by atoms with Crippen molar-refractivity contribution in [2.75, 3.05) is 5.73 Å². The third-order valence-corrected chi connectivity index (χ3v) is 1.30.